The molecular weight excluding hydrogens is 232 g/mol. The van der Waals surface area contributed by atoms with Gasteiger partial charge >= 0.3 is 0 Å². The van der Waals surface area contributed by atoms with Crippen LogP contribution in [0.2, 0.25) is 0 Å². The largest absolute Gasteiger partial charge is 0.486 e. The Morgan fingerprint density at radius 1 is 1.39 bits per heavy atom. The van der Waals surface area contributed by atoms with Gasteiger partial charge < -0.3 is 14.8 Å². The molecule has 1 aliphatic rings. The molecule has 1 N–H and O–H groups in total. The summed E-state index contributed by atoms with van der Waals surface area (Å²) in [6.45, 7) is 3.44. The van der Waals surface area contributed by atoms with Crippen molar-refractivity contribution in [3.63, 3.8) is 0 Å². The summed E-state index contributed by atoms with van der Waals surface area (Å²) < 4.78 is 11.0. The van der Waals surface area contributed by atoms with E-state index in [4.69, 9.17) is 14.7 Å². The van der Waals surface area contributed by atoms with Crippen LogP contribution < -0.4 is 14.8 Å². The molecule has 5 heteroatoms. The van der Waals surface area contributed by atoms with E-state index < -0.39 is 0 Å². The number of hydrogen-bond donors (Lipinski definition) is 1. The summed E-state index contributed by atoms with van der Waals surface area (Å²) in [6.07, 6.45) is -0.121. The smallest absolute Gasteiger partial charge is 0.234 e. The number of rotatable bonds is 3. The van der Waals surface area contributed by atoms with Crippen LogP contribution in [-0.4, -0.2) is 19.1 Å². The van der Waals surface area contributed by atoms with Crippen molar-refractivity contribution >= 4 is 5.91 Å². The van der Waals surface area contributed by atoms with E-state index in [-0.39, 0.29) is 12.3 Å². The first-order valence-electron chi connectivity index (χ1n) is 5.73. The van der Waals surface area contributed by atoms with Gasteiger partial charge in [-0.25, -0.2) is 0 Å². The second-order valence-corrected chi connectivity index (χ2v) is 4.03. The van der Waals surface area contributed by atoms with Crippen molar-refractivity contribution in [3.8, 4) is 17.6 Å². The van der Waals surface area contributed by atoms with Crippen LogP contribution >= 0.6 is 0 Å². The van der Waals surface area contributed by atoms with Gasteiger partial charge in [-0.05, 0) is 30.2 Å². The topological polar surface area (TPSA) is 71.4 Å². The summed E-state index contributed by atoms with van der Waals surface area (Å²) in [5, 5.41) is 11.1. The average molecular weight is 246 g/mol. The average Bonchev–Trinajstić information content (AvgIpc) is 2.36. The second-order valence-electron chi connectivity index (χ2n) is 4.03. The molecule has 18 heavy (non-hydrogen) atoms. The predicted octanol–water partition coefficient (Wildman–Crippen LogP) is 1.30. The first-order chi connectivity index (χ1) is 8.70. The van der Waals surface area contributed by atoms with Crippen molar-refractivity contribution in [2.75, 3.05) is 13.2 Å². The van der Waals surface area contributed by atoms with E-state index in [1.165, 1.54) is 0 Å². The van der Waals surface area contributed by atoms with Crippen LogP contribution in [0.3, 0.4) is 0 Å². The summed E-state index contributed by atoms with van der Waals surface area (Å²) in [5.74, 6) is 1.18. The highest BCUT2D eigenvalue weighted by Crippen LogP contribution is 2.32. The van der Waals surface area contributed by atoms with Gasteiger partial charge in [0.15, 0.2) is 11.5 Å². The Labute approximate surface area is 105 Å². The van der Waals surface area contributed by atoms with Crippen LogP contribution in [0.25, 0.3) is 0 Å². The van der Waals surface area contributed by atoms with Crippen LogP contribution in [0.15, 0.2) is 12.1 Å². The molecule has 0 saturated carbocycles. The Bertz CT molecular complexity index is 506. The molecule has 1 aliphatic heterocycles. The minimum absolute atomic E-state index is 0.121. The highest BCUT2D eigenvalue weighted by molar-refractivity contribution is 5.78. The molecule has 0 aliphatic carbocycles. The Morgan fingerprint density at radius 3 is 2.72 bits per heavy atom. The maximum atomic E-state index is 11.2. The Morgan fingerprint density at radius 2 is 2.06 bits per heavy atom. The Hall–Kier alpha value is -2.22. The van der Waals surface area contributed by atoms with E-state index in [2.05, 4.69) is 5.32 Å². The molecule has 0 unspecified atom stereocenters. The molecule has 0 spiro atoms. The summed E-state index contributed by atoms with van der Waals surface area (Å²) in [4.78, 5) is 11.2. The SMILES string of the molecule is Cc1cc2c(cc1CNC(=O)CC#N)OCCO2. The number of ether oxygens (including phenoxy) is 2. The number of carbonyl (C=O) groups excluding carboxylic acids is 1. The molecule has 94 valence electrons. The molecule has 1 heterocycles. The lowest BCUT2D eigenvalue weighted by atomic mass is 10.1. The summed E-state index contributed by atoms with van der Waals surface area (Å²) in [6, 6.07) is 5.59. The summed E-state index contributed by atoms with van der Waals surface area (Å²) in [7, 11) is 0. The molecule has 0 bridgehead atoms. The second kappa shape index (κ2) is 5.41. The Kier molecular flexibility index (Phi) is 3.68. The fourth-order valence-electron chi connectivity index (χ4n) is 1.75. The van der Waals surface area contributed by atoms with Gasteiger partial charge in [0.1, 0.15) is 19.6 Å². The van der Waals surface area contributed by atoms with E-state index in [0.29, 0.717) is 25.5 Å². The van der Waals surface area contributed by atoms with Crippen molar-refractivity contribution in [2.45, 2.75) is 19.9 Å². The number of nitrogens with zero attached hydrogens (tertiary/aromatic N) is 1. The van der Waals surface area contributed by atoms with E-state index >= 15 is 0 Å². The third kappa shape index (κ3) is 2.72. The van der Waals surface area contributed by atoms with Crippen LogP contribution in [0.4, 0.5) is 0 Å². The Balaban J connectivity index is 2.09. The molecule has 1 amide bonds. The van der Waals surface area contributed by atoms with Crippen LogP contribution in [0, 0.1) is 18.3 Å². The minimum atomic E-state index is -0.271. The van der Waals surface area contributed by atoms with E-state index in [1.54, 1.807) is 0 Å². The molecule has 0 radical (unpaired) electrons. The number of hydrogen-bond acceptors (Lipinski definition) is 4. The fraction of sp³-hybridized carbons (Fsp3) is 0.385. The van der Waals surface area contributed by atoms with Crippen molar-refractivity contribution in [1.29, 1.82) is 5.26 Å². The zero-order chi connectivity index (χ0) is 13.0. The van der Waals surface area contributed by atoms with Gasteiger partial charge in [-0.1, -0.05) is 0 Å². The number of nitrogens with one attached hydrogen (secondary N) is 1. The first-order valence-corrected chi connectivity index (χ1v) is 5.73. The van der Waals surface area contributed by atoms with Crippen molar-refractivity contribution in [3.05, 3.63) is 23.3 Å². The maximum absolute atomic E-state index is 11.2. The summed E-state index contributed by atoms with van der Waals surface area (Å²) in [5.41, 5.74) is 1.99. The number of nitriles is 1. The molecule has 0 atom stereocenters. The van der Waals surface area contributed by atoms with Gasteiger partial charge in [0, 0.05) is 6.54 Å². The van der Waals surface area contributed by atoms with Crippen LogP contribution in [0.5, 0.6) is 11.5 Å². The lowest BCUT2D eigenvalue weighted by molar-refractivity contribution is -0.120. The van der Waals surface area contributed by atoms with E-state index in [9.17, 15) is 4.79 Å². The fourth-order valence-corrected chi connectivity index (χ4v) is 1.75. The van der Waals surface area contributed by atoms with Gasteiger partial charge in [-0.15, -0.1) is 0 Å². The lowest BCUT2D eigenvalue weighted by Gasteiger charge is -2.20. The molecule has 1 aromatic rings. The monoisotopic (exact) mass is 246 g/mol. The van der Waals surface area contributed by atoms with Gasteiger partial charge in [-0.2, -0.15) is 5.26 Å². The number of fused-ring (bicyclic) bond motifs is 1. The minimum Gasteiger partial charge on any atom is -0.486 e. The standard InChI is InChI=1S/C13H14N2O3/c1-9-6-11-12(18-5-4-17-11)7-10(9)8-15-13(16)2-3-14/h6-7H,2,4-5,8H2,1H3,(H,15,16). The van der Waals surface area contributed by atoms with E-state index in [0.717, 1.165) is 16.9 Å². The molecule has 0 fully saturated rings. The third-order valence-corrected chi connectivity index (χ3v) is 2.72. The highest BCUT2D eigenvalue weighted by Gasteiger charge is 2.14. The van der Waals surface area contributed by atoms with Crippen molar-refractivity contribution < 1.29 is 14.3 Å². The van der Waals surface area contributed by atoms with Crippen molar-refractivity contribution in [2.24, 2.45) is 0 Å². The van der Waals surface area contributed by atoms with Gasteiger partial charge in [0.2, 0.25) is 5.91 Å². The van der Waals surface area contributed by atoms with Crippen molar-refractivity contribution in [1.82, 2.24) is 5.32 Å². The lowest BCUT2D eigenvalue weighted by Crippen LogP contribution is -2.23. The molecular formula is C13H14N2O3. The number of carbonyl (C=O) groups is 1. The summed E-state index contributed by atoms with van der Waals surface area (Å²) >= 11 is 0. The number of aryl methyl sites for hydroxylation is 1. The number of amides is 1. The van der Waals surface area contributed by atoms with Gasteiger partial charge in [0.25, 0.3) is 0 Å². The van der Waals surface area contributed by atoms with Gasteiger partial charge in [0.05, 0.1) is 6.07 Å². The van der Waals surface area contributed by atoms with Gasteiger partial charge in [-0.3, -0.25) is 4.79 Å². The maximum Gasteiger partial charge on any atom is 0.234 e. The predicted molar refractivity (Wildman–Crippen MR) is 64.2 cm³/mol. The zero-order valence-corrected chi connectivity index (χ0v) is 10.2. The molecule has 1 aromatic carbocycles. The molecule has 5 nitrogen and oxygen atoms in total. The number of benzene rings is 1. The molecule has 0 aromatic heterocycles. The first kappa shape index (κ1) is 12.2. The van der Waals surface area contributed by atoms with E-state index in [1.807, 2.05) is 25.1 Å². The highest BCUT2D eigenvalue weighted by atomic mass is 16.6. The molecule has 0 saturated heterocycles. The van der Waals surface area contributed by atoms with Crippen LogP contribution in [0.1, 0.15) is 17.5 Å². The van der Waals surface area contributed by atoms with Crippen LogP contribution in [-0.2, 0) is 11.3 Å². The zero-order valence-electron chi connectivity index (χ0n) is 10.2. The third-order valence-electron chi connectivity index (χ3n) is 2.72. The molecule has 2 rings (SSSR count). The normalized spacial score (nSPS) is 12.7. The quantitative estimate of drug-likeness (QED) is 0.872.